The number of hydrogen-bond donors (Lipinski definition) is 2. The van der Waals surface area contributed by atoms with Crippen LogP contribution in [0.15, 0.2) is 5.38 Å². The van der Waals surface area contributed by atoms with E-state index in [0.29, 0.717) is 10.8 Å². The first-order valence-corrected chi connectivity index (χ1v) is 7.07. The van der Waals surface area contributed by atoms with Gasteiger partial charge < -0.3 is 5.32 Å². The molecule has 1 saturated carbocycles. The molecule has 1 aromatic rings. The zero-order valence-corrected chi connectivity index (χ0v) is 11.2. The van der Waals surface area contributed by atoms with Gasteiger partial charge in [0.05, 0.1) is 0 Å². The summed E-state index contributed by atoms with van der Waals surface area (Å²) >= 11 is 1.26. The SMILES string of the molecule is CC(=O)c1csc(NC(=O)NC2CCCCC2)n1. The Labute approximate surface area is 110 Å². The van der Waals surface area contributed by atoms with Crippen molar-refractivity contribution >= 4 is 28.3 Å². The van der Waals surface area contributed by atoms with Crippen LogP contribution in [0.4, 0.5) is 9.93 Å². The second-order valence-corrected chi connectivity index (χ2v) is 5.39. The third-order valence-corrected chi connectivity index (χ3v) is 3.78. The lowest BCUT2D eigenvalue weighted by Crippen LogP contribution is -2.39. The molecule has 1 heterocycles. The molecule has 1 fully saturated rings. The number of nitrogens with zero attached hydrogens (tertiary/aromatic N) is 1. The maximum atomic E-state index is 11.7. The monoisotopic (exact) mass is 267 g/mol. The molecule has 0 saturated heterocycles. The number of thiazole rings is 1. The minimum atomic E-state index is -0.230. The lowest BCUT2D eigenvalue weighted by Gasteiger charge is -2.22. The van der Waals surface area contributed by atoms with E-state index in [-0.39, 0.29) is 17.9 Å². The molecule has 0 aromatic carbocycles. The number of carbonyl (C=O) groups is 2. The second-order valence-electron chi connectivity index (χ2n) is 4.53. The third-order valence-electron chi connectivity index (χ3n) is 3.03. The van der Waals surface area contributed by atoms with Gasteiger partial charge in [0.2, 0.25) is 0 Å². The molecule has 1 aromatic heterocycles. The standard InChI is InChI=1S/C12H17N3O2S/c1-8(16)10-7-18-12(14-10)15-11(17)13-9-5-3-2-4-6-9/h7,9H,2-6H2,1H3,(H2,13,14,15,17). The lowest BCUT2D eigenvalue weighted by molar-refractivity contribution is 0.101. The van der Waals surface area contributed by atoms with Crippen LogP contribution in [0.3, 0.4) is 0 Å². The van der Waals surface area contributed by atoms with E-state index >= 15 is 0 Å². The Balaban J connectivity index is 1.84. The molecule has 2 N–H and O–H groups in total. The van der Waals surface area contributed by atoms with Crippen LogP contribution in [0, 0.1) is 0 Å². The van der Waals surface area contributed by atoms with Crippen LogP contribution >= 0.6 is 11.3 Å². The van der Waals surface area contributed by atoms with E-state index in [9.17, 15) is 9.59 Å². The van der Waals surface area contributed by atoms with Gasteiger partial charge in [0.25, 0.3) is 0 Å². The molecule has 1 aliphatic carbocycles. The van der Waals surface area contributed by atoms with Crippen LogP contribution in [-0.4, -0.2) is 22.8 Å². The molecule has 2 amide bonds. The van der Waals surface area contributed by atoms with Crippen LogP contribution in [0.2, 0.25) is 0 Å². The molecule has 6 heteroatoms. The third kappa shape index (κ3) is 3.53. The Bertz CT molecular complexity index is 438. The zero-order chi connectivity index (χ0) is 13.0. The normalized spacial score (nSPS) is 16.3. The van der Waals surface area contributed by atoms with Crippen LogP contribution in [0.5, 0.6) is 0 Å². The molecule has 98 valence electrons. The summed E-state index contributed by atoms with van der Waals surface area (Å²) in [6, 6.07) is 0.0392. The smallest absolute Gasteiger partial charge is 0.321 e. The number of carbonyl (C=O) groups excluding carboxylic acids is 2. The highest BCUT2D eigenvalue weighted by Gasteiger charge is 2.16. The first-order valence-electron chi connectivity index (χ1n) is 6.19. The van der Waals surface area contributed by atoms with E-state index in [1.807, 2.05) is 0 Å². The number of anilines is 1. The van der Waals surface area contributed by atoms with Crippen molar-refractivity contribution in [3.63, 3.8) is 0 Å². The van der Waals surface area contributed by atoms with Crippen LogP contribution in [0.25, 0.3) is 0 Å². The Morgan fingerprint density at radius 3 is 2.67 bits per heavy atom. The summed E-state index contributed by atoms with van der Waals surface area (Å²) < 4.78 is 0. The van der Waals surface area contributed by atoms with Crippen molar-refractivity contribution < 1.29 is 9.59 Å². The largest absolute Gasteiger partial charge is 0.335 e. The number of amides is 2. The predicted octanol–water partition coefficient (Wildman–Crippen LogP) is 2.80. The Morgan fingerprint density at radius 2 is 2.06 bits per heavy atom. The second kappa shape index (κ2) is 5.95. The van der Waals surface area contributed by atoms with Gasteiger partial charge in [-0.1, -0.05) is 19.3 Å². The number of Topliss-reactive ketones (excluding diaryl/α,β-unsaturated/α-hetero) is 1. The highest BCUT2D eigenvalue weighted by Crippen LogP contribution is 2.18. The molecule has 0 aliphatic heterocycles. The van der Waals surface area contributed by atoms with E-state index in [2.05, 4.69) is 15.6 Å². The zero-order valence-electron chi connectivity index (χ0n) is 10.4. The topological polar surface area (TPSA) is 71.1 Å². The van der Waals surface area contributed by atoms with Gasteiger partial charge in [0.1, 0.15) is 5.69 Å². The fourth-order valence-corrected chi connectivity index (χ4v) is 2.80. The van der Waals surface area contributed by atoms with Gasteiger partial charge in [0, 0.05) is 18.3 Å². The summed E-state index contributed by atoms with van der Waals surface area (Å²) in [5, 5.41) is 7.72. The molecule has 2 rings (SSSR count). The van der Waals surface area contributed by atoms with Crippen molar-refractivity contribution in [3.8, 4) is 0 Å². The quantitative estimate of drug-likeness (QED) is 0.827. The van der Waals surface area contributed by atoms with Gasteiger partial charge in [0.15, 0.2) is 10.9 Å². The van der Waals surface area contributed by atoms with Gasteiger partial charge in [-0.25, -0.2) is 9.78 Å². The van der Waals surface area contributed by atoms with Gasteiger partial charge in [-0.05, 0) is 12.8 Å². The number of urea groups is 1. The van der Waals surface area contributed by atoms with Crippen molar-refractivity contribution in [2.75, 3.05) is 5.32 Å². The van der Waals surface area contributed by atoms with Crippen molar-refractivity contribution in [1.29, 1.82) is 0 Å². The van der Waals surface area contributed by atoms with E-state index in [0.717, 1.165) is 12.8 Å². The van der Waals surface area contributed by atoms with Gasteiger partial charge in [-0.15, -0.1) is 11.3 Å². The number of hydrogen-bond acceptors (Lipinski definition) is 4. The Kier molecular flexibility index (Phi) is 4.30. The average Bonchev–Trinajstić information content (AvgIpc) is 2.78. The number of aromatic nitrogens is 1. The average molecular weight is 267 g/mol. The molecular formula is C12H17N3O2S. The number of ketones is 1. The molecule has 5 nitrogen and oxygen atoms in total. The van der Waals surface area contributed by atoms with Crippen molar-refractivity contribution in [3.05, 3.63) is 11.1 Å². The predicted molar refractivity (Wildman–Crippen MR) is 71.1 cm³/mol. The molecule has 0 bridgehead atoms. The van der Waals surface area contributed by atoms with Gasteiger partial charge >= 0.3 is 6.03 Å². The van der Waals surface area contributed by atoms with E-state index in [1.54, 1.807) is 5.38 Å². The minimum Gasteiger partial charge on any atom is -0.335 e. The highest BCUT2D eigenvalue weighted by atomic mass is 32.1. The summed E-state index contributed by atoms with van der Waals surface area (Å²) in [4.78, 5) is 26.8. The molecule has 1 aliphatic rings. The minimum absolute atomic E-state index is 0.0908. The van der Waals surface area contributed by atoms with E-state index < -0.39 is 0 Å². The first kappa shape index (κ1) is 13.0. The van der Waals surface area contributed by atoms with E-state index in [4.69, 9.17) is 0 Å². The lowest BCUT2D eigenvalue weighted by atomic mass is 9.96. The van der Waals surface area contributed by atoms with Crippen LogP contribution < -0.4 is 10.6 Å². The summed E-state index contributed by atoms with van der Waals surface area (Å²) in [7, 11) is 0. The van der Waals surface area contributed by atoms with E-state index in [1.165, 1.54) is 37.5 Å². The molecule has 18 heavy (non-hydrogen) atoms. The summed E-state index contributed by atoms with van der Waals surface area (Å²) in [5.74, 6) is -0.0908. The highest BCUT2D eigenvalue weighted by molar-refractivity contribution is 7.14. The summed E-state index contributed by atoms with van der Waals surface area (Å²) in [6.07, 6.45) is 5.70. The first-order chi connectivity index (χ1) is 8.65. The fourth-order valence-electron chi connectivity index (χ4n) is 2.06. The molecule has 0 spiro atoms. The van der Waals surface area contributed by atoms with Crippen molar-refractivity contribution in [2.24, 2.45) is 0 Å². The number of nitrogens with one attached hydrogen (secondary N) is 2. The van der Waals surface area contributed by atoms with Crippen LogP contribution in [0.1, 0.15) is 49.5 Å². The van der Waals surface area contributed by atoms with Crippen molar-refractivity contribution in [2.45, 2.75) is 45.1 Å². The van der Waals surface area contributed by atoms with Crippen LogP contribution in [-0.2, 0) is 0 Å². The maximum Gasteiger partial charge on any atom is 0.321 e. The number of rotatable bonds is 3. The fraction of sp³-hybridized carbons (Fsp3) is 0.583. The molecule has 0 radical (unpaired) electrons. The van der Waals surface area contributed by atoms with Crippen molar-refractivity contribution in [1.82, 2.24) is 10.3 Å². The Morgan fingerprint density at radius 1 is 1.33 bits per heavy atom. The molecule has 0 atom stereocenters. The maximum absolute atomic E-state index is 11.7. The summed E-state index contributed by atoms with van der Waals surface area (Å²) in [6.45, 7) is 1.46. The summed E-state index contributed by atoms with van der Waals surface area (Å²) in [5.41, 5.74) is 0.396. The Hall–Kier alpha value is -1.43. The van der Waals surface area contributed by atoms with Gasteiger partial charge in [-0.2, -0.15) is 0 Å². The van der Waals surface area contributed by atoms with Gasteiger partial charge in [-0.3, -0.25) is 10.1 Å². The molecule has 0 unspecified atom stereocenters. The molecular weight excluding hydrogens is 250 g/mol.